The highest BCUT2D eigenvalue weighted by Gasteiger charge is 2.06. The Hall–Kier alpha value is -0.300. The van der Waals surface area contributed by atoms with Crippen LogP contribution in [0.3, 0.4) is 0 Å². The van der Waals surface area contributed by atoms with E-state index in [1.165, 1.54) is 24.9 Å². The molecule has 2 aromatic rings. The summed E-state index contributed by atoms with van der Waals surface area (Å²) in [5.41, 5.74) is 0. The molecule has 0 saturated heterocycles. The summed E-state index contributed by atoms with van der Waals surface area (Å²) in [7, 11) is 0. The van der Waals surface area contributed by atoms with Crippen LogP contribution in [0.1, 0.15) is 19.4 Å². The molecule has 0 aliphatic carbocycles. The lowest BCUT2D eigenvalue weighted by atomic mass is 10.4. The summed E-state index contributed by atoms with van der Waals surface area (Å²) in [4.78, 5) is 15.1. The first-order valence-corrected chi connectivity index (χ1v) is 9.40. The number of thioether (sulfide) groups is 1. The van der Waals surface area contributed by atoms with E-state index in [1.807, 2.05) is 30.8 Å². The van der Waals surface area contributed by atoms with Gasteiger partial charge in [0.15, 0.2) is 0 Å². The molecule has 0 unspecified atom stereocenters. The summed E-state index contributed by atoms with van der Waals surface area (Å²) in [6.07, 6.45) is 0. The van der Waals surface area contributed by atoms with Crippen molar-refractivity contribution in [3.8, 4) is 0 Å². The van der Waals surface area contributed by atoms with Crippen molar-refractivity contribution in [2.45, 2.75) is 12.7 Å². The third-order valence-corrected chi connectivity index (χ3v) is 6.18. The van der Waals surface area contributed by atoms with Gasteiger partial charge < -0.3 is 5.32 Å². The van der Waals surface area contributed by atoms with Crippen LogP contribution in [-0.4, -0.2) is 18.2 Å². The molecular weight excluding hydrogens is 362 g/mol. The van der Waals surface area contributed by atoms with Gasteiger partial charge in [0, 0.05) is 27.8 Å². The van der Waals surface area contributed by atoms with Crippen molar-refractivity contribution < 1.29 is 4.79 Å². The summed E-state index contributed by atoms with van der Waals surface area (Å²) < 4.78 is 1.17. The molecule has 2 heterocycles. The van der Waals surface area contributed by atoms with Gasteiger partial charge in [-0.3, -0.25) is 4.79 Å². The first-order valence-electron chi connectivity index (χ1n) is 5.82. The normalized spacial score (nSPS) is 10.6. The lowest BCUT2D eigenvalue weighted by Gasteiger charge is -2.03. The quantitative estimate of drug-likeness (QED) is 0.750. The molecule has 0 fully saturated rings. The van der Waals surface area contributed by atoms with Gasteiger partial charge in [-0.2, -0.15) is 11.8 Å². The second-order valence-corrected chi connectivity index (χ2v) is 8.87. The first kappa shape index (κ1) is 15.1. The standard InChI is InChI=1S/C13H14BrNOS3/c1-9-2-4-11(18-9)13(16)15-6-7-17-8-10-3-5-12(14)19-10/h2-5H,6-8H2,1H3,(H,15,16). The lowest BCUT2D eigenvalue weighted by molar-refractivity contribution is 0.0960. The van der Waals surface area contributed by atoms with E-state index in [1.54, 1.807) is 11.3 Å². The molecule has 2 aromatic heterocycles. The predicted octanol–water partition coefficient (Wildman–Crippen LogP) is 4.54. The largest absolute Gasteiger partial charge is 0.351 e. The van der Waals surface area contributed by atoms with Crippen LogP contribution in [0, 0.1) is 6.92 Å². The minimum absolute atomic E-state index is 0.0394. The zero-order chi connectivity index (χ0) is 13.7. The maximum Gasteiger partial charge on any atom is 0.261 e. The van der Waals surface area contributed by atoms with Crippen LogP contribution < -0.4 is 5.32 Å². The molecule has 2 rings (SSSR count). The van der Waals surface area contributed by atoms with Crippen molar-refractivity contribution >= 4 is 56.3 Å². The van der Waals surface area contributed by atoms with Gasteiger partial charge in [-0.15, -0.1) is 22.7 Å². The summed E-state index contributed by atoms with van der Waals surface area (Å²) in [5, 5.41) is 2.95. The fourth-order valence-corrected chi connectivity index (χ4v) is 4.72. The van der Waals surface area contributed by atoms with Gasteiger partial charge in [-0.25, -0.2) is 0 Å². The third-order valence-electron chi connectivity index (χ3n) is 2.37. The number of hydrogen-bond donors (Lipinski definition) is 1. The van der Waals surface area contributed by atoms with E-state index in [4.69, 9.17) is 0 Å². The van der Waals surface area contributed by atoms with E-state index in [0.717, 1.165) is 16.4 Å². The van der Waals surface area contributed by atoms with Gasteiger partial charge in [-0.05, 0) is 47.1 Å². The Bertz CT molecular complexity index is 550. The topological polar surface area (TPSA) is 29.1 Å². The average Bonchev–Trinajstić information content (AvgIpc) is 2.98. The summed E-state index contributed by atoms with van der Waals surface area (Å²) in [6, 6.07) is 8.06. The average molecular weight is 376 g/mol. The van der Waals surface area contributed by atoms with E-state index in [0.29, 0.717) is 6.54 Å². The SMILES string of the molecule is Cc1ccc(C(=O)NCCSCc2ccc(Br)s2)s1. The summed E-state index contributed by atoms with van der Waals surface area (Å²) >= 11 is 8.59. The smallest absolute Gasteiger partial charge is 0.261 e. The number of carbonyl (C=O) groups is 1. The van der Waals surface area contributed by atoms with Crippen molar-refractivity contribution in [3.05, 3.63) is 42.7 Å². The molecule has 1 N–H and O–H groups in total. The zero-order valence-electron chi connectivity index (χ0n) is 10.4. The molecule has 0 saturated carbocycles. The van der Waals surface area contributed by atoms with Crippen molar-refractivity contribution in [1.82, 2.24) is 5.32 Å². The van der Waals surface area contributed by atoms with E-state index in [2.05, 4.69) is 33.4 Å². The molecule has 2 nitrogen and oxygen atoms in total. The molecule has 102 valence electrons. The van der Waals surface area contributed by atoms with Crippen LogP contribution in [0.4, 0.5) is 0 Å². The Balaban J connectivity index is 1.63. The molecule has 0 aliphatic rings. The maximum absolute atomic E-state index is 11.8. The molecular formula is C13H14BrNOS3. The summed E-state index contributed by atoms with van der Waals surface area (Å²) in [6.45, 7) is 2.73. The lowest BCUT2D eigenvalue weighted by Crippen LogP contribution is -2.24. The van der Waals surface area contributed by atoms with Crippen LogP contribution in [0.25, 0.3) is 0 Å². The van der Waals surface area contributed by atoms with Crippen LogP contribution in [0.15, 0.2) is 28.1 Å². The maximum atomic E-state index is 11.8. The van der Waals surface area contributed by atoms with Crippen molar-refractivity contribution in [1.29, 1.82) is 0 Å². The number of halogens is 1. The third kappa shape index (κ3) is 4.95. The molecule has 0 atom stereocenters. The molecule has 0 spiro atoms. The van der Waals surface area contributed by atoms with Gasteiger partial charge in [0.2, 0.25) is 0 Å². The molecule has 0 radical (unpaired) electrons. The number of amides is 1. The molecule has 0 aromatic carbocycles. The monoisotopic (exact) mass is 375 g/mol. The van der Waals surface area contributed by atoms with Gasteiger partial charge in [0.25, 0.3) is 5.91 Å². The number of thiophene rings is 2. The second-order valence-electron chi connectivity index (χ2n) is 3.92. The number of carbonyl (C=O) groups excluding carboxylic acids is 1. The molecule has 1 amide bonds. The van der Waals surface area contributed by atoms with E-state index >= 15 is 0 Å². The minimum Gasteiger partial charge on any atom is -0.351 e. The Labute approximate surface area is 133 Å². The fourth-order valence-electron chi connectivity index (χ4n) is 1.48. The Morgan fingerprint density at radius 1 is 1.32 bits per heavy atom. The highest BCUT2D eigenvalue weighted by Crippen LogP contribution is 2.25. The highest BCUT2D eigenvalue weighted by atomic mass is 79.9. The Kier molecular flexibility index (Phi) is 5.94. The Morgan fingerprint density at radius 2 is 2.16 bits per heavy atom. The highest BCUT2D eigenvalue weighted by molar-refractivity contribution is 9.11. The van der Waals surface area contributed by atoms with E-state index < -0.39 is 0 Å². The molecule has 19 heavy (non-hydrogen) atoms. The van der Waals surface area contributed by atoms with Crippen molar-refractivity contribution in [2.75, 3.05) is 12.3 Å². The van der Waals surface area contributed by atoms with Gasteiger partial charge in [0.1, 0.15) is 0 Å². The van der Waals surface area contributed by atoms with Gasteiger partial charge >= 0.3 is 0 Å². The Morgan fingerprint density at radius 3 is 2.79 bits per heavy atom. The molecule has 6 heteroatoms. The van der Waals surface area contributed by atoms with Crippen LogP contribution in [0.2, 0.25) is 0 Å². The first-order chi connectivity index (χ1) is 9.15. The van der Waals surface area contributed by atoms with E-state index in [9.17, 15) is 4.79 Å². The fraction of sp³-hybridized carbons (Fsp3) is 0.308. The van der Waals surface area contributed by atoms with Crippen molar-refractivity contribution in [2.24, 2.45) is 0 Å². The van der Waals surface area contributed by atoms with E-state index in [-0.39, 0.29) is 5.91 Å². The summed E-state index contributed by atoms with van der Waals surface area (Å²) in [5.74, 6) is 1.98. The van der Waals surface area contributed by atoms with Gasteiger partial charge in [0.05, 0.1) is 8.66 Å². The number of hydrogen-bond acceptors (Lipinski definition) is 4. The van der Waals surface area contributed by atoms with Crippen LogP contribution in [0.5, 0.6) is 0 Å². The predicted molar refractivity (Wildman–Crippen MR) is 89.6 cm³/mol. The number of rotatable bonds is 6. The van der Waals surface area contributed by atoms with Gasteiger partial charge in [-0.1, -0.05) is 0 Å². The molecule has 0 aliphatic heterocycles. The molecule has 0 bridgehead atoms. The van der Waals surface area contributed by atoms with Crippen LogP contribution in [-0.2, 0) is 5.75 Å². The number of nitrogens with one attached hydrogen (secondary N) is 1. The van der Waals surface area contributed by atoms with Crippen molar-refractivity contribution in [3.63, 3.8) is 0 Å². The second kappa shape index (κ2) is 7.47. The minimum atomic E-state index is 0.0394. The number of aryl methyl sites for hydroxylation is 1. The zero-order valence-corrected chi connectivity index (χ0v) is 14.5. The van der Waals surface area contributed by atoms with Crippen LogP contribution >= 0.6 is 50.4 Å².